The molecular formula is C18H19N5S. The predicted octanol–water partition coefficient (Wildman–Crippen LogP) is 3.52. The second-order valence-electron chi connectivity index (χ2n) is 5.98. The van der Waals surface area contributed by atoms with Crippen LogP contribution in [0.4, 0.5) is 0 Å². The van der Waals surface area contributed by atoms with Crippen LogP contribution in [0.3, 0.4) is 0 Å². The second-order valence-corrected chi connectivity index (χ2v) is 6.34. The molecule has 5 nitrogen and oxygen atoms in total. The summed E-state index contributed by atoms with van der Waals surface area (Å²) in [4.78, 5) is 6.50. The van der Waals surface area contributed by atoms with Crippen LogP contribution in [0.15, 0.2) is 54.9 Å². The summed E-state index contributed by atoms with van der Waals surface area (Å²) in [7, 11) is 0. The maximum absolute atomic E-state index is 5.75. The lowest BCUT2D eigenvalue weighted by Gasteiger charge is -2.13. The maximum Gasteiger partial charge on any atom is 0.204 e. The number of pyridine rings is 1. The molecule has 1 saturated heterocycles. The van der Waals surface area contributed by atoms with Crippen LogP contribution < -0.4 is 0 Å². The molecule has 0 unspecified atom stereocenters. The highest BCUT2D eigenvalue weighted by atomic mass is 32.1. The second kappa shape index (κ2) is 6.67. The van der Waals surface area contributed by atoms with Gasteiger partial charge in [-0.3, -0.25) is 14.5 Å². The minimum absolute atomic E-state index is 0.722. The lowest BCUT2D eigenvalue weighted by molar-refractivity contribution is 0.253. The summed E-state index contributed by atoms with van der Waals surface area (Å²) in [6.45, 7) is 2.98. The first-order valence-corrected chi connectivity index (χ1v) is 8.62. The molecule has 0 saturated carbocycles. The van der Waals surface area contributed by atoms with Gasteiger partial charge in [0.2, 0.25) is 4.77 Å². The van der Waals surface area contributed by atoms with Gasteiger partial charge >= 0.3 is 0 Å². The van der Waals surface area contributed by atoms with E-state index in [1.807, 2.05) is 39.6 Å². The van der Waals surface area contributed by atoms with Crippen molar-refractivity contribution in [2.45, 2.75) is 19.5 Å². The van der Waals surface area contributed by atoms with Crippen molar-refractivity contribution in [3.8, 4) is 17.1 Å². The molecule has 0 bridgehead atoms. The summed E-state index contributed by atoms with van der Waals surface area (Å²) in [5.41, 5.74) is 2.04. The molecule has 3 heterocycles. The largest absolute Gasteiger partial charge is 0.284 e. The van der Waals surface area contributed by atoms with Crippen LogP contribution in [0.5, 0.6) is 0 Å². The molecule has 1 aliphatic heterocycles. The third kappa shape index (κ3) is 2.90. The Morgan fingerprint density at radius 1 is 0.958 bits per heavy atom. The molecule has 1 fully saturated rings. The Labute approximate surface area is 146 Å². The van der Waals surface area contributed by atoms with Gasteiger partial charge in [-0.25, -0.2) is 4.68 Å². The zero-order valence-corrected chi connectivity index (χ0v) is 14.2. The SMILES string of the molecule is S=c1n(CN2CCCC2)nc(-c2ccncc2)n1-c1ccccc1. The molecule has 1 aromatic carbocycles. The summed E-state index contributed by atoms with van der Waals surface area (Å²) in [5, 5.41) is 4.83. The van der Waals surface area contributed by atoms with Crippen LogP contribution in [0.25, 0.3) is 17.1 Å². The summed E-state index contributed by atoms with van der Waals surface area (Å²) in [6.07, 6.45) is 6.08. The fraction of sp³-hybridized carbons (Fsp3) is 0.278. The van der Waals surface area contributed by atoms with E-state index in [-0.39, 0.29) is 0 Å². The van der Waals surface area contributed by atoms with Crippen LogP contribution in [0.1, 0.15) is 12.8 Å². The van der Waals surface area contributed by atoms with E-state index < -0.39 is 0 Å². The molecule has 0 spiro atoms. The fourth-order valence-corrected chi connectivity index (χ4v) is 3.40. The molecule has 122 valence electrons. The Morgan fingerprint density at radius 3 is 2.38 bits per heavy atom. The monoisotopic (exact) mass is 337 g/mol. The predicted molar refractivity (Wildman–Crippen MR) is 96.4 cm³/mol. The van der Waals surface area contributed by atoms with Gasteiger partial charge in [0.25, 0.3) is 0 Å². The molecule has 0 radical (unpaired) electrons. The van der Waals surface area contributed by atoms with Gasteiger partial charge in [0.1, 0.15) is 0 Å². The average Bonchev–Trinajstić information content (AvgIpc) is 3.25. The van der Waals surface area contributed by atoms with Gasteiger partial charge in [0, 0.05) is 23.6 Å². The highest BCUT2D eigenvalue weighted by Gasteiger charge is 2.17. The Morgan fingerprint density at radius 2 is 1.67 bits per heavy atom. The average molecular weight is 337 g/mol. The summed E-state index contributed by atoms with van der Waals surface area (Å²) < 4.78 is 4.70. The number of rotatable bonds is 4. The van der Waals surface area contributed by atoms with Crippen LogP contribution in [0.2, 0.25) is 0 Å². The first kappa shape index (κ1) is 15.2. The van der Waals surface area contributed by atoms with E-state index in [2.05, 4.69) is 22.0 Å². The number of benzene rings is 1. The van der Waals surface area contributed by atoms with Gasteiger partial charge in [0.05, 0.1) is 6.67 Å². The van der Waals surface area contributed by atoms with E-state index in [1.54, 1.807) is 12.4 Å². The van der Waals surface area contributed by atoms with Gasteiger partial charge in [-0.2, -0.15) is 0 Å². The molecule has 3 aromatic rings. The normalized spacial score (nSPS) is 15.0. The molecule has 0 aliphatic carbocycles. The molecule has 4 rings (SSSR count). The van der Waals surface area contributed by atoms with Crippen molar-refractivity contribution in [2.75, 3.05) is 13.1 Å². The quantitative estimate of drug-likeness (QED) is 0.683. The van der Waals surface area contributed by atoms with Gasteiger partial charge in [-0.05, 0) is 62.4 Å². The van der Waals surface area contributed by atoms with E-state index in [0.717, 1.165) is 41.6 Å². The lowest BCUT2D eigenvalue weighted by Crippen LogP contribution is -2.23. The first-order valence-electron chi connectivity index (χ1n) is 8.21. The van der Waals surface area contributed by atoms with E-state index in [1.165, 1.54) is 12.8 Å². The van der Waals surface area contributed by atoms with Crippen molar-refractivity contribution in [1.82, 2.24) is 24.2 Å². The number of para-hydroxylation sites is 1. The minimum atomic E-state index is 0.722. The van der Waals surface area contributed by atoms with Gasteiger partial charge < -0.3 is 0 Å². The first-order chi connectivity index (χ1) is 11.8. The zero-order valence-electron chi connectivity index (χ0n) is 13.4. The fourth-order valence-electron chi connectivity index (χ4n) is 3.11. The smallest absolute Gasteiger partial charge is 0.204 e. The standard InChI is InChI=1S/C18H19N5S/c24-18-22(14-21-12-4-5-13-21)20-17(15-8-10-19-11-9-15)23(18)16-6-2-1-3-7-16/h1-3,6-11H,4-5,12-14H2. The molecule has 24 heavy (non-hydrogen) atoms. The molecule has 0 N–H and O–H groups in total. The Kier molecular flexibility index (Phi) is 4.23. The Balaban J connectivity index is 1.83. The Hall–Kier alpha value is -2.31. The number of aromatic nitrogens is 4. The van der Waals surface area contributed by atoms with Crippen molar-refractivity contribution in [1.29, 1.82) is 0 Å². The lowest BCUT2D eigenvalue weighted by atomic mass is 10.2. The molecule has 1 aliphatic rings. The number of hydrogen-bond donors (Lipinski definition) is 0. The topological polar surface area (TPSA) is 38.9 Å². The van der Waals surface area contributed by atoms with Crippen LogP contribution in [-0.4, -0.2) is 37.3 Å². The summed E-state index contributed by atoms with van der Waals surface area (Å²) >= 11 is 5.75. The van der Waals surface area contributed by atoms with E-state index in [9.17, 15) is 0 Å². The third-order valence-electron chi connectivity index (χ3n) is 4.32. The number of nitrogens with zero attached hydrogens (tertiary/aromatic N) is 5. The van der Waals surface area contributed by atoms with Gasteiger partial charge in [-0.15, -0.1) is 5.10 Å². The van der Waals surface area contributed by atoms with E-state index >= 15 is 0 Å². The minimum Gasteiger partial charge on any atom is -0.284 e. The van der Waals surface area contributed by atoms with Crippen molar-refractivity contribution >= 4 is 12.2 Å². The third-order valence-corrected chi connectivity index (χ3v) is 4.72. The number of likely N-dealkylation sites (tertiary alicyclic amines) is 1. The Bertz CT molecular complexity index is 863. The molecule has 2 aromatic heterocycles. The van der Waals surface area contributed by atoms with Crippen LogP contribution in [0, 0.1) is 4.77 Å². The molecule has 0 atom stereocenters. The molecular weight excluding hydrogens is 318 g/mol. The van der Waals surface area contributed by atoms with E-state index in [4.69, 9.17) is 17.3 Å². The van der Waals surface area contributed by atoms with Crippen molar-refractivity contribution in [2.24, 2.45) is 0 Å². The maximum atomic E-state index is 5.75. The highest BCUT2D eigenvalue weighted by molar-refractivity contribution is 7.71. The van der Waals surface area contributed by atoms with Crippen LogP contribution >= 0.6 is 12.2 Å². The van der Waals surface area contributed by atoms with E-state index in [0.29, 0.717) is 0 Å². The number of hydrogen-bond acceptors (Lipinski definition) is 4. The summed E-state index contributed by atoms with van der Waals surface area (Å²) in [6, 6.07) is 14.1. The van der Waals surface area contributed by atoms with Crippen molar-refractivity contribution in [3.63, 3.8) is 0 Å². The van der Waals surface area contributed by atoms with Crippen LogP contribution in [-0.2, 0) is 6.67 Å². The molecule has 0 amide bonds. The van der Waals surface area contributed by atoms with Crippen molar-refractivity contribution < 1.29 is 0 Å². The van der Waals surface area contributed by atoms with Gasteiger partial charge in [0.15, 0.2) is 5.82 Å². The zero-order chi connectivity index (χ0) is 16.4. The van der Waals surface area contributed by atoms with Crippen molar-refractivity contribution in [3.05, 3.63) is 59.6 Å². The highest BCUT2D eigenvalue weighted by Crippen LogP contribution is 2.22. The summed E-state index contributed by atoms with van der Waals surface area (Å²) in [5.74, 6) is 0.854. The molecule has 6 heteroatoms. The van der Waals surface area contributed by atoms with Gasteiger partial charge in [-0.1, -0.05) is 18.2 Å².